The van der Waals surface area contributed by atoms with Gasteiger partial charge in [0.2, 0.25) is 5.91 Å². The van der Waals surface area contributed by atoms with Crippen LogP contribution in [0.5, 0.6) is 0 Å². The number of amides is 1. The Labute approximate surface area is 102 Å². The summed E-state index contributed by atoms with van der Waals surface area (Å²) in [5, 5.41) is 0. The minimum absolute atomic E-state index is 0.0872. The van der Waals surface area contributed by atoms with E-state index >= 15 is 0 Å². The van der Waals surface area contributed by atoms with E-state index in [0.29, 0.717) is 19.8 Å². The summed E-state index contributed by atoms with van der Waals surface area (Å²) in [7, 11) is 1.82. The fraction of sp³-hybridized carbons (Fsp3) is 0.917. The Hall–Kier alpha value is -0.650. The van der Waals surface area contributed by atoms with Crippen molar-refractivity contribution in [2.75, 3.05) is 33.4 Å². The smallest absolute Gasteiger partial charge is 0.229 e. The van der Waals surface area contributed by atoms with Crippen molar-refractivity contribution in [1.29, 1.82) is 0 Å². The van der Waals surface area contributed by atoms with Crippen LogP contribution in [-0.2, 0) is 14.3 Å². The van der Waals surface area contributed by atoms with Gasteiger partial charge >= 0.3 is 0 Å². The summed E-state index contributed by atoms with van der Waals surface area (Å²) in [6, 6.07) is -0.155. The molecule has 2 heterocycles. The number of nitrogens with two attached hydrogens (primary N) is 1. The average Bonchev–Trinajstić information content (AvgIpc) is 2.76. The van der Waals surface area contributed by atoms with Crippen LogP contribution in [0.3, 0.4) is 0 Å². The summed E-state index contributed by atoms with van der Waals surface area (Å²) in [4.78, 5) is 13.9. The average molecular weight is 242 g/mol. The minimum atomic E-state index is -0.177. The molecule has 0 saturated carbocycles. The topological polar surface area (TPSA) is 64.8 Å². The summed E-state index contributed by atoms with van der Waals surface area (Å²) < 4.78 is 10.9. The first kappa shape index (κ1) is 12.8. The largest absolute Gasteiger partial charge is 0.379 e. The van der Waals surface area contributed by atoms with E-state index in [1.165, 1.54) is 6.42 Å². The maximum atomic E-state index is 12.1. The number of carbonyl (C=O) groups excluding carboxylic acids is 1. The predicted molar refractivity (Wildman–Crippen MR) is 63.5 cm³/mol. The SMILES string of the molecule is CN(CC1CCCCO1)C(=O)C1COCC1N. The maximum Gasteiger partial charge on any atom is 0.229 e. The van der Waals surface area contributed by atoms with E-state index in [-0.39, 0.29) is 24.0 Å². The molecule has 2 fully saturated rings. The number of likely N-dealkylation sites (N-methyl/N-ethyl adjacent to an activating group) is 1. The molecule has 0 aliphatic carbocycles. The lowest BCUT2D eigenvalue weighted by molar-refractivity contribution is -0.136. The lowest BCUT2D eigenvalue weighted by Gasteiger charge is -2.29. The quantitative estimate of drug-likeness (QED) is 0.756. The second-order valence-electron chi connectivity index (χ2n) is 5.02. The van der Waals surface area contributed by atoms with Crippen molar-refractivity contribution in [3.8, 4) is 0 Å². The molecule has 2 N–H and O–H groups in total. The van der Waals surface area contributed by atoms with Gasteiger partial charge in [-0.15, -0.1) is 0 Å². The van der Waals surface area contributed by atoms with Crippen LogP contribution in [0.15, 0.2) is 0 Å². The standard InChI is InChI=1S/C12H22N2O3/c1-14(6-9-4-2-3-5-17-9)12(15)10-7-16-8-11(10)13/h9-11H,2-8,13H2,1H3. The van der Waals surface area contributed by atoms with Gasteiger partial charge in [-0.1, -0.05) is 0 Å². The second kappa shape index (κ2) is 5.80. The second-order valence-corrected chi connectivity index (χ2v) is 5.02. The third kappa shape index (κ3) is 3.18. The molecule has 3 unspecified atom stereocenters. The highest BCUT2D eigenvalue weighted by molar-refractivity contribution is 5.79. The monoisotopic (exact) mass is 242 g/mol. The van der Waals surface area contributed by atoms with Gasteiger partial charge in [-0.2, -0.15) is 0 Å². The summed E-state index contributed by atoms with van der Waals surface area (Å²) in [5.74, 6) is -0.0900. The summed E-state index contributed by atoms with van der Waals surface area (Å²) in [5.41, 5.74) is 5.85. The molecule has 98 valence electrons. The van der Waals surface area contributed by atoms with E-state index in [4.69, 9.17) is 15.2 Å². The summed E-state index contributed by atoms with van der Waals surface area (Å²) in [6.45, 7) is 2.43. The predicted octanol–water partition coefficient (Wildman–Crippen LogP) is -0.0124. The first-order valence-corrected chi connectivity index (χ1v) is 6.38. The van der Waals surface area contributed by atoms with Crippen LogP contribution in [0.1, 0.15) is 19.3 Å². The molecule has 1 amide bonds. The van der Waals surface area contributed by atoms with Gasteiger partial charge in [-0.3, -0.25) is 4.79 Å². The molecule has 17 heavy (non-hydrogen) atoms. The number of nitrogens with zero attached hydrogens (tertiary/aromatic N) is 1. The molecule has 5 heteroatoms. The fourth-order valence-electron chi connectivity index (χ4n) is 2.46. The molecular formula is C12H22N2O3. The molecule has 5 nitrogen and oxygen atoms in total. The van der Waals surface area contributed by atoms with Gasteiger partial charge in [-0.05, 0) is 19.3 Å². The molecule has 0 radical (unpaired) electrons. The third-order valence-electron chi connectivity index (χ3n) is 3.57. The Morgan fingerprint density at radius 2 is 2.24 bits per heavy atom. The van der Waals surface area contributed by atoms with Crippen molar-refractivity contribution in [3.05, 3.63) is 0 Å². The van der Waals surface area contributed by atoms with Crippen LogP contribution < -0.4 is 5.73 Å². The Kier molecular flexibility index (Phi) is 4.36. The van der Waals surface area contributed by atoms with Crippen LogP contribution in [0, 0.1) is 5.92 Å². The number of rotatable bonds is 3. The van der Waals surface area contributed by atoms with Crippen molar-refractivity contribution in [1.82, 2.24) is 4.90 Å². The molecule has 0 spiro atoms. The van der Waals surface area contributed by atoms with Gasteiger partial charge in [-0.25, -0.2) is 0 Å². The normalized spacial score (nSPS) is 33.6. The van der Waals surface area contributed by atoms with Gasteiger partial charge in [0, 0.05) is 26.2 Å². The van der Waals surface area contributed by atoms with E-state index in [1.807, 2.05) is 7.05 Å². The molecule has 3 atom stereocenters. The van der Waals surface area contributed by atoms with Crippen molar-refractivity contribution in [3.63, 3.8) is 0 Å². The molecule has 0 aromatic rings. The Bertz CT molecular complexity index is 266. The van der Waals surface area contributed by atoms with E-state index in [2.05, 4.69) is 0 Å². The van der Waals surface area contributed by atoms with Gasteiger partial charge in [0.25, 0.3) is 0 Å². The first-order chi connectivity index (χ1) is 8.18. The zero-order valence-electron chi connectivity index (χ0n) is 10.4. The van der Waals surface area contributed by atoms with E-state index < -0.39 is 0 Å². The first-order valence-electron chi connectivity index (χ1n) is 6.38. The minimum Gasteiger partial charge on any atom is -0.379 e. The van der Waals surface area contributed by atoms with Crippen molar-refractivity contribution in [2.45, 2.75) is 31.4 Å². The van der Waals surface area contributed by atoms with Crippen LogP contribution in [0.25, 0.3) is 0 Å². The highest BCUT2D eigenvalue weighted by atomic mass is 16.5. The highest BCUT2D eigenvalue weighted by Gasteiger charge is 2.34. The number of carbonyl (C=O) groups is 1. The molecule has 2 aliphatic heterocycles. The molecule has 2 saturated heterocycles. The molecule has 2 rings (SSSR count). The number of hydrogen-bond donors (Lipinski definition) is 1. The third-order valence-corrected chi connectivity index (χ3v) is 3.57. The van der Waals surface area contributed by atoms with Crippen LogP contribution in [-0.4, -0.2) is 56.4 Å². The van der Waals surface area contributed by atoms with Crippen molar-refractivity contribution in [2.24, 2.45) is 11.7 Å². The molecule has 0 bridgehead atoms. The Balaban J connectivity index is 1.81. The van der Waals surface area contributed by atoms with Crippen molar-refractivity contribution >= 4 is 5.91 Å². The number of ether oxygens (including phenoxy) is 2. The summed E-state index contributed by atoms with van der Waals surface area (Å²) in [6.07, 6.45) is 3.57. The molecular weight excluding hydrogens is 220 g/mol. The van der Waals surface area contributed by atoms with Gasteiger partial charge in [0.1, 0.15) is 0 Å². The Morgan fingerprint density at radius 3 is 2.82 bits per heavy atom. The number of hydrogen-bond acceptors (Lipinski definition) is 4. The Morgan fingerprint density at radius 1 is 1.41 bits per heavy atom. The lowest BCUT2D eigenvalue weighted by atomic mass is 10.0. The van der Waals surface area contributed by atoms with Gasteiger partial charge < -0.3 is 20.1 Å². The summed E-state index contributed by atoms with van der Waals surface area (Å²) >= 11 is 0. The van der Waals surface area contributed by atoms with Crippen LogP contribution in [0.4, 0.5) is 0 Å². The maximum absolute atomic E-state index is 12.1. The van der Waals surface area contributed by atoms with E-state index in [9.17, 15) is 4.79 Å². The molecule has 0 aromatic carbocycles. The highest BCUT2D eigenvalue weighted by Crippen LogP contribution is 2.17. The molecule has 0 aromatic heterocycles. The van der Waals surface area contributed by atoms with Crippen LogP contribution >= 0.6 is 0 Å². The zero-order valence-corrected chi connectivity index (χ0v) is 10.4. The van der Waals surface area contributed by atoms with E-state index in [0.717, 1.165) is 19.4 Å². The van der Waals surface area contributed by atoms with Gasteiger partial charge in [0.05, 0.1) is 25.2 Å². The molecule has 2 aliphatic rings. The van der Waals surface area contributed by atoms with Crippen molar-refractivity contribution < 1.29 is 14.3 Å². The lowest BCUT2D eigenvalue weighted by Crippen LogP contribution is -2.45. The van der Waals surface area contributed by atoms with Crippen LogP contribution in [0.2, 0.25) is 0 Å². The fourth-order valence-corrected chi connectivity index (χ4v) is 2.46. The zero-order chi connectivity index (χ0) is 12.3. The van der Waals surface area contributed by atoms with Gasteiger partial charge in [0.15, 0.2) is 0 Å². The van der Waals surface area contributed by atoms with E-state index in [1.54, 1.807) is 4.90 Å².